The lowest BCUT2D eigenvalue weighted by atomic mass is 9.78. The van der Waals surface area contributed by atoms with Crippen LogP contribution in [-0.2, 0) is 17.6 Å². The molecule has 1 aliphatic rings. The predicted molar refractivity (Wildman–Crippen MR) is 121 cm³/mol. The van der Waals surface area contributed by atoms with Crippen LogP contribution in [0.3, 0.4) is 0 Å². The van der Waals surface area contributed by atoms with Crippen LogP contribution < -0.4 is 0 Å². The number of hydrogen-bond acceptors (Lipinski definition) is 2. The molecule has 0 unspecified atom stereocenters. The molecule has 0 N–H and O–H groups in total. The third-order valence-electron chi connectivity index (χ3n) is 6.38. The van der Waals surface area contributed by atoms with Gasteiger partial charge in [0.05, 0.1) is 0 Å². The van der Waals surface area contributed by atoms with Crippen LogP contribution in [0, 0.1) is 5.41 Å². The molecule has 1 fully saturated rings. The van der Waals surface area contributed by atoms with Gasteiger partial charge in [-0.1, -0.05) is 67.6 Å². The summed E-state index contributed by atoms with van der Waals surface area (Å²) < 4.78 is 0. The fourth-order valence-electron chi connectivity index (χ4n) is 4.38. The lowest BCUT2D eigenvalue weighted by molar-refractivity contribution is -0.144. The van der Waals surface area contributed by atoms with Crippen LogP contribution >= 0.6 is 0 Å². The smallest absolute Gasteiger partial charge is 0.228 e. The number of nitrogens with zero attached hydrogens (tertiary/aromatic N) is 2. The maximum atomic E-state index is 13.5. The first-order valence-corrected chi connectivity index (χ1v) is 11.1. The lowest BCUT2D eigenvalue weighted by Gasteiger charge is -2.39. The van der Waals surface area contributed by atoms with Crippen molar-refractivity contribution < 1.29 is 4.79 Å². The van der Waals surface area contributed by atoms with Crippen LogP contribution in [0.4, 0.5) is 0 Å². The lowest BCUT2D eigenvalue weighted by Crippen LogP contribution is -2.51. The van der Waals surface area contributed by atoms with Gasteiger partial charge in [0, 0.05) is 31.6 Å². The van der Waals surface area contributed by atoms with E-state index in [0.717, 1.165) is 64.7 Å². The first kappa shape index (κ1) is 21.6. The summed E-state index contributed by atoms with van der Waals surface area (Å²) in [6.45, 7) is 5.90. The highest BCUT2D eigenvalue weighted by atomic mass is 16.2. The zero-order valence-electron chi connectivity index (χ0n) is 18.1. The largest absolute Gasteiger partial charge is 0.340 e. The number of aryl methyl sites for hydroxylation is 2. The molecule has 3 rings (SSSR count). The second kappa shape index (κ2) is 10.6. The molecule has 1 amide bonds. The SMILES string of the molecule is CN1CCN(C(=O)C(C)(CCCc2ccccc2)CCCc2ccccc2)CC1. The van der Waals surface area contributed by atoms with Gasteiger partial charge in [-0.3, -0.25) is 4.79 Å². The number of carbonyl (C=O) groups is 1. The van der Waals surface area contributed by atoms with E-state index in [2.05, 4.69) is 84.4 Å². The first-order chi connectivity index (χ1) is 14.1. The van der Waals surface area contributed by atoms with Crippen molar-refractivity contribution in [2.45, 2.75) is 45.4 Å². The molecule has 3 heteroatoms. The minimum Gasteiger partial charge on any atom is -0.340 e. The molecule has 1 aliphatic heterocycles. The summed E-state index contributed by atoms with van der Waals surface area (Å²) >= 11 is 0. The highest BCUT2D eigenvalue weighted by molar-refractivity contribution is 5.82. The number of benzene rings is 2. The van der Waals surface area contributed by atoms with E-state index in [9.17, 15) is 4.79 Å². The van der Waals surface area contributed by atoms with Crippen LogP contribution in [0.1, 0.15) is 43.7 Å². The Morgan fingerprint density at radius 2 is 1.24 bits per heavy atom. The van der Waals surface area contributed by atoms with Crippen LogP contribution in [-0.4, -0.2) is 48.9 Å². The van der Waals surface area contributed by atoms with Crippen LogP contribution in [0.25, 0.3) is 0 Å². The molecule has 0 radical (unpaired) electrons. The third-order valence-corrected chi connectivity index (χ3v) is 6.38. The molecule has 1 heterocycles. The Hall–Kier alpha value is -2.13. The zero-order valence-corrected chi connectivity index (χ0v) is 18.1. The summed E-state index contributed by atoms with van der Waals surface area (Å²) in [4.78, 5) is 17.9. The van der Waals surface area contributed by atoms with Crippen LogP contribution in [0.15, 0.2) is 60.7 Å². The molecule has 2 aromatic rings. The maximum Gasteiger partial charge on any atom is 0.228 e. The van der Waals surface area contributed by atoms with E-state index in [1.54, 1.807) is 0 Å². The summed E-state index contributed by atoms with van der Waals surface area (Å²) in [5.41, 5.74) is 2.47. The summed E-state index contributed by atoms with van der Waals surface area (Å²) in [7, 11) is 2.14. The fraction of sp³-hybridized carbons (Fsp3) is 0.500. The van der Waals surface area contributed by atoms with Gasteiger partial charge in [-0.2, -0.15) is 0 Å². The molecular weight excluding hydrogens is 356 g/mol. The second-order valence-electron chi connectivity index (χ2n) is 8.83. The maximum absolute atomic E-state index is 13.5. The highest BCUT2D eigenvalue weighted by Crippen LogP contribution is 2.33. The predicted octanol–water partition coefficient (Wildman–Crippen LogP) is 4.81. The van der Waals surface area contributed by atoms with Crippen molar-refractivity contribution in [3.63, 3.8) is 0 Å². The van der Waals surface area contributed by atoms with E-state index in [1.165, 1.54) is 11.1 Å². The Morgan fingerprint density at radius 1 is 0.793 bits per heavy atom. The molecular formula is C26H36N2O. The molecule has 2 aromatic carbocycles. The number of carbonyl (C=O) groups excluding carboxylic acids is 1. The second-order valence-corrected chi connectivity index (χ2v) is 8.83. The Kier molecular flexibility index (Phi) is 7.88. The van der Waals surface area contributed by atoms with E-state index in [1.807, 2.05) is 0 Å². The van der Waals surface area contributed by atoms with Crippen molar-refractivity contribution in [1.82, 2.24) is 9.80 Å². The molecule has 0 aromatic heterocycles. The van der Waals surface area contributed by atoms with E-state index >= 15 is 0 Å². The number of amides is 1. The molecule has 0 atom stereocenters. The Balaban J connectivity index is 1.61. The quantitative estimate of drug-likeness (QED) is 0.611. The average molecular weight is 393 g/mol. The molecule has 0 bridgehead atoms. The van der Waals surface area contributed by atoms with Gasteiger partial charge in [0.1, 0.15) is 0 Å². The van der Waals surface area contributed by atoms with Gasteiger partial charge in [-0.15, -0.1) is 0 Å². The van der Waals surface area contributed by atoms with Crippen molar-refractivity contribution in [3.8, 4) is 0 Å². The standard InChI is InChI=1S/C26H36N2O/c1-26(17-9-15-23-11-5-3-6-12-23,18-10-16-24-13-7-4-8-14-24)25(29)28-21-19-27(2)20-22-28/h3-8,11-14H,9-10,15-22H2,1-2H3. The fourth-order valence-corrected chi connectivity index (χ4v) is 4.38. The third kappa shape index (κ3) is 6.43. The molecule has 156 valence electrons. The van der Waals surface area contributed by atoms with E-state index in [0.29, 0.717) is 5.91 Å². The first-order valence-electron chi connectivity index (χ1n) is 11.1. The number of hydrogen-bond donors (Lipinski definition) is 0. The molecule has 0 spiro atoms. The summed E-state index contributed by atoms with van der Waals surface area (Å²) in [6.07, 6.45) is 6.14. The van der Waals surface area contributed by atoms with Gasteiger partial charge in [0.15, 0.2) is 0 Å². The van der Waals surface area contributed by atoms with Gasteiger partial charge < -0.3 is 9.80 Å². The molecule has 3 nitrogen and oxygen atoms in total. The molecule has 29 heavy (non-hydrogen) atoms. The minimum absolute atomic E-state index is 0.264. The average Bonchev–Trinajstić information content (AvgIpc) is 2.75. The van der Waals surface area contributed by atoms with E-state index < -0.39 is 0 Å². The Bertz CT molecular complexity index is 690. The van der Waals surface area contributed by atoms with Gasteiger partial charge in [-0.05, 0) is 56.7 Å². The number of likely N-dealkylation sites (N-methyl/N-ethyl adjacent to an activating group) is 1. The Labute approximate surface area is 176 Å². The summed E-state index contributed by atoms with van der Waals surface area (Å²) in [6, 6.07) is 21.3. The van der Waals surface area contributed by atoms with Crippen molar-refractivity contribution in [2.75, 3.05) is 33.2 Å². The monoisotopic (exact) mass is 392 g/mol. The molecule has 0 aliphatic carbocycles. The molecule has 1 saturated heterocycles. The number of piperazine rings is 1. The van der Waals surface area contributed by atoms with E-state index in [-0.39, 0.29) is 5.41 Å². The van der Waals surface area contributed by atoms with Crippen molar-refractivity contribution in [3.05, 3.63) is 71.8 Å². The zero-order chi connectivity index (χ0) is 20.5. The van der Waals surface area contributed by atoms with Crippen LogP contribution in [0.5, 0.6) is 0 Å². The van der Waals surface area contributed by atoms with Crippen molar-refractivity contribution >= 4 is 5.91 Å². The Morgan fingerprint density at radius 3 is 1.69 bits per heavy atom. The van der Waals surface area contributed by atoms with Gasteiger partial charge in [-0.25, -0.2) is 0 Å². The highest BCUT2D eigenvalue weighted by Gasteiger charge is 2.36. The minimum atomic E-state index is -0.264. The van der Waals surface area contributed by atoms with Gasteiger partial charge in [0.2, 0.25) is 5.91 Å². The van der Waals surface area contributed by atoms with Crippen molar-refractivity contribution in [1.29, 1.82) is 0 Å². The van der Waals surface area contributed by atoms with Crippen LogP contribution in [0.2, 0.25) is 0 Å². The number of rotatable bonds is 9. The molecule has 0 saturated carbocycles. The summed E-state index contributed by atoms with van der Waals surface area (Å²) in [5.74, 6) is 0.367. The topological polar surface area (TPSA) is 23.6 Å². The van der Waals surface area contributed by atoms with Gasteiger partial charge >= 0.3 is 0 Å². The van der Waals surface area contributed by atoms with Crippen molar-refractivity contribution in [2.24, 2.45) is 5.41 Å². The summed E-state index contributed by atoms with van der Waals surface area (Å²) in [5, 5.41) is 0. The normalized spacial score (nSPS) is 15.4. The van der Waals surface area contributed by atoms with E-state index in [4.69, 9.17) is 0 Å². The van der Waals surface area contributed by atoms with Gasteiger partial charge in [0.25, 0.3) is 0 Å².